The smallest absolute Gasteiger partial charge is 0.248 e. The van der Waals surface area contributed by atoms with Crippen molar-refractivity contribution >= 4 is 27.5 Å². The quantitative estimate of drug-likeness (QED) is 0.770. The van der Waals surface area contributed by atoms with Gasteiger partial charge in [0.15, 0.2) is 0 Å². The van der Waals surface area contributed by atoms with Crippen LogP contribution in [0.2, 0.25) is 0 Å². The molecular formula is C10H8BrFN2O. The third-order valence-electron chi connectivity index (χ3n) is 2.19. The van der Waals surface area contributed by atoms with Gasteiger partial charge in [0, 0.05) is 17.1 Å². The van der Waals surface area contributed by atoms with Crippen LogP contribution in [0.4, 0.5) is 4.39 Å². The molecule has 1 aliphatic rings. The highest BCUT2D eigenvalue weighted by molar-refractivity contribution is 9.10. The predicted molar refractivity (Wildman–Crippen MR) is 58.0 cm³/mol. The first-order chi connectivity index (χ1) is 7.08. The summed E-state index contributed by atoms with van der Waals surface area (Å²) in [5.41, 5.74) is 0.864. The number of carbonyl (C=O) groups is 1. The summed E-state index contributed by atoms with van der Waals surface area (Å²) in [4.78, 5) is 11.2. The number of hydrogen-bond acceptors (Lipinski definition) is 2. The molecule has 78 valence electrons. The number of nitrogens with zero attached hydrogens (tertiary/aromatic N) is 2. The lowest BCUT2D eigenvalue weighted by atomic mass is 10.1. The molecule has 0 bridgehead atoms. The SMILES string of the molecule is CN1N=C(c2ccc(Br)cc2F)CC1=O. The lowest BCUT2D eigenvalue weighted by Gasteiger charge is -2.01. The van der Waals surface area contributed by atoms with Gasteiger partial charge in [-0.15, -0.1) is 0 Å². The van der Waals surface area contributed by atoms with E-state index in [9.17, 15) is 9.18 Å². The summed E-state index contributed by atoms with van der Waals surface area (Å²) >= 11 is 3.17. The van der Waals surface area contributed by atoms with Gasteiger partial charge in [0.1, 0.15) is 5.82 Å². The molecule has 0 atom stereocenters. The monoisotopic (exact) mass is 270 g/mol. The van der Waals surface area contributed by atoms with Crippen LogP contribution in [0.25, 0.3) is 0 Å². The van der Waals surface area contributed by atoms with Gasteiger partial charge in [-0.05, 0) is 18.2 Å². The van der Waals surface area contributed by atoms with Crippen molar-refractivity contribution in [2.75, 3.05) is 7.05 Å². The minimum Gasteiger partial charge on any atom is -0.273 e. The molecule has 1 aliphatic heterocycles. The molecule has 1 amide bonds. The lowest BCUT2D eigenvalue weighted by molar-refractivity contribution is -0.127. The number of benzene rings is 1. The van der Waals surface area contributed by atoms with Gasteiger partial charge in [0.2, 0.25) is 5.91 Å². The van der Waals surface area contributed by atoms with E-state index in [1.807, 2.05) is 0 Å². The summed E-state index contributed by atoms with van der Waals surface area (Å²) in [7, 11) is 1.56. The molecular weight excluding hydrogens is 263 g/mol. The van der Waals surface area contributed by atoms with Gasteiger partial charge in [-0.2, -0.15) is 5.10 Å². The van der Waals surface area contributed by atoms with E-state index in [-0.39, 0.29) is 18.1 Å². The average molecular weight is 271 g/mol. The molecule has 0 aliphatic carbocycles. The second-order valence-electron chi connectivity index (χ2n) is 3.26. The van der Waals surface area contributed by atoms with Crippen molar-refractivity contribution in [3.8, 4) is 0 Å². The van der Waals surface area contributed by atoms with Crippen LogP contribution in [0.15, 0.2) is 27.8 Å². The molecule has 1 aromatic rings. The van der Waals surface area contributed by atoms with Crippen molar-refractivity contribution in [2.45, 2.75) is 6.42 Å². The van der Waals surface area contributed by atoms with E-state index in [0.717, 1.165) is 0 Å². The third kappa shape index (κ3) is 1.92. The number of rotatable bonds is 1. The van der Waals surface area contributed by atoms with Gasteiger partial charge in [0.25, 0.3) is 0 Å². The van der Waals surface area contributed by atoms with Gasteiger partial charge in [-0.25, -0.2) is 9.40 Å². The molecule has 1 aromatic carbocycles. The number of hydrazone groups is 1. The molecule has 0 spiro atoms. The Kier molecular flexibility index (Phi) is 2.56. The molecule has 2 rings (SSSR count). The summed E-state index contributed by atoms with van der Waals surface area (Å²) in [5.74, 6) is -0.487. The summed E-state index contributed by atoms with van der Waals surface area (Å²) in [6, 6.07) is 4.70. The third-order valence-corrected chi connectivity index (χ3v) is 2.69. The molecule has 3 nitrogen and oxygen atoms in total. The molecule has 0 radical (unpaired) electrons. The highest BCUT2D eigenvalue weighted by atomic mass is 79.9. The first-order valence-corrected chi connectivity index (χ1v) is 5.16. The Labute approximate surface area is 94.7 Å². The zero-order chi connectivity index (χ0) is 11.0. The van der Waals surface area contributed by atoms with Crippen LogP contribution in [0, 0.1) is 5.82 Å². The molecule has 0 unspecified atom stereocenters. The Hall–Kier alpha value is -1.23. The zero-order valence-electron chi connectivity index (χ0n) is 8.00. The highest BCUT2D eigenvalue weighted by Gasteiger charge is 2.23. The first kappa shape index (κ1) is 10.3. The minimum absolute atomic E-state index is 0.118. The molecule has 0 saturated carbocycles. The molecule has 15 heavy (non-hydrogen) atoms. The molecule has 0 fully saturated rings. The van der Waals surface area contributed by atoms with Crippen molar-refractivity contribution in [2.24, 2.45) is 5.10 Å². The van der Waals surface area contributed by atoms with E-state index < -0.39 is 0 Å². The first-order valence-electron chi connectivity index (χ1n) is 4.37. The molecule has 5 heteroatoms. The van der Waals surface area contributed by atoms with E-state index in [4.69, 9.17) is 0 Å². The van der Waals surface area contributed by atoms with Crippen molar-refractivity contribution < 1.29 is 9.18 Å². The number of halogens is 2. The van der Waals surface area contributed by atoms with E-state index in [2.05, 4.69) is 21.0 Å². The zero-order valence-corrected chi connectivity index (χ0v) is 9.58. The minimum atomic E-state index is -0.369. The molecule has 0 N–H and O–H groups in total. The van der Waals surface area contributed by atoms with E-state index in [0.29, 0.717) is 15.7 Å². The van der Waals surface area contributed by atoms with Gasteiger partial charge in [-0.3, -0.25) is 4.79 Å². The van der Waals surface area contributed by atoms with Gasteiger partial charge >= 0.3 is 0 Å². The highest BCUT2D eigenvalue weighted by Crippen LogP contribution is 2.20. The Bertz CT molecular complexity index is 459. The summed E-state index contributed by atoms with van der Waals surface area (Å²) in [6.07, 6.45) is 0.162. The van der Waals surface area contributed by atoms with E-state index in [1.54, 1.807) is 19.2 Å². The van der Waals surface area contributed by atoms with E-state index >= 15 is 0 Å². The van der Waals surface area contributed by atoms with Crippen LogP contribution in [0.5, 0.6) is 0 Å². The fourth-order valence-electron chi connectivity index (χ4n) is 1.40. The topological polar surface area (TPSA) is 32.7 Å². The van der Waals surface area contributed by atoms with Gasteiger partial charge in [0.05, 0.1) is 12.1 Å². The Morgan fingerprint density at radius 1 is 1.53 bits per heavy atom. The number of amides is 1. The van der Waals surface area contributed by atoms with Crippen LogP contribution in [-0.2, 0) is 4.79 Å². The summed E-state index contributed by atoms with van der Waals surface area (Å²) in [5, 5.41) is 5.21. The second kappa shape index (κ2) is 3.73. The molecule has 0 saturated heterocycles. The van der Waals surface area contributed by atoms with Crippen molar-refractivity contribution in [3.63, 3.8) is 0 Å². The summed E-state index contributed by atoms with van der Waals surface area (Å²) in [6.45, 7) is 0. The Morgan fingerprint density at radius 3 is 2.80 bits per heavy atom. The fraction of sp³-hybridized carbons (Fsp3) is 0.200. The Morgan fingerprint density at radius 2 is 2.27 bits per heavy atom. The van der Waals surface area contributed by atoms with Gasteiger partial charge in [-0.1, -0.05) is 15.9 Å². The molecule has 1 heterocycles. The maximum Gasteiger partial charge on any atom is 0.248 e. The van der Waals surface area contributed by atoms with Crippen molar-refractivity contribution in [1.82, 2.24) is 5.01 Å². The normalized spacial score (nSPS) is 15.8. The van der Waals surface area contributed by atoms with Gasteiger partial charge < -0.3 is 0 Å². The predicted octanol–water partition coefficient (Wildman–Crippen LogP) is 2.15. The Balaban J connectivity index is 2.39. The van der Waals surface area contributed by atoms with Crippen molar-refractivity contribution in [3.05, 3.63) is 34.1 Å². The van der Waals surface area contributed by atoms with Crippen LogP contribution in [0.3, 0.4) is 0 Å². The van der Waals surface area contributed by atoms with Crippen molar-refractivity contribution in [1.29, 1.82) is 0 Å². The number of carbonyl (C=O) groups excluding carboxylic acids is 1. The number of hydrogen-bond donors (Lipinski definition) is 0. The standard InChI is InChI=1S/C10H8BrFN2O/c1-14-10(15)5-9(13-14)7-3-2-6(11)4-8(7)12/h2-4H,5H2,1H3. The van der Waals surface area contributed by atoms with Crippen LogP contribution in [-0.4, -0.2) is 23.7 Å². The van der Waals surface area contributed by atoms with E-state index in [1.165, 1.54) is 11.1 Å². The largest absolute Gasteiger partial charge is 0.273 e. The lowest BCUT2D eigenvalue weighted by Crippen LogP contribution is -2.14. The second-order valence-corrected chi connectivity index (χ2v) is 4.18. The van der Waals surface area contributed by atoms with Crippen LogP contribution < -0.4 is 0 Å². The average Bonchev–Trinajstić information content (AvgIpc) is 2.46. The maximum absolute atomic E-state index is 13.5. The summed E-state index contributed by atoms with van der Waals surface area (Å²) < 4.78 is 14.2. The fourth-order valence-corrected chi connectivity index (χ4v) is 1.74. The van der Waals surface area contributed by atoms with Crippen LogP contribution >= 0.6 is 15.9 Å². The van der Waals surface area contributed by atoms with Crippen LogP contribution in [0.1, 0.15) is 12.0 Å². The maximum atomic E-state index is 13.5. The molecule has 0 aromatic heterocycles.